The van der Waals surface area contributed by atoms with Crippen LogP contribution in [-0.2, 0) is 9.63 Å². The molecule has 0 fully saturated rings. The van der Waals surface area contributed by atoms with Gasteiger partial charge in [0.25, 0.3) is 0 Å². The van der Waals surface area contributed by atoms with Gasteiger partial charge < -0.3 is 4.84 Å². The van der Waals surface area contributed by atoms with E-state index in [-0.39, 0.29) is 17.3 Å². The van der Waals surface area contributed by atoms with Gasteiger partial charge in [0.1, 0.15) is 11.5 Å². The highest BCUT2D eigenvalue weighted by Crippen LogP contribution is 2.19. The molecule has 0 saturated heterocycles. The molecule has 114 valence electrons. The third kappa shape index (κ3) is 3.36. The van der Waals surface area contributed by atoms with E-state index in [2.05, 4.69) is 5.16 Å². The SMILES string of the molecule is CC1=CC(=O)C(C(C)C)=C/C1=N/OC(=O)c1ccccc1F. The molecule has 0 aromatic heterocycles. The molecule has 1 aromatic carbocycles. The van der Waals surface area contributed by atoms with Crippen LogP contribution in [-0.4, -0.2) is 17.5 Å². The Bertz CT molecular complexity index is 714. The monoisotopic (exact) mass is 301 g/mol. The normalized spacial score (nSPS) is 16.6. The van der Waals surface area contributed by atoms with Crippen molar-refractivity contribution < 1.29 is 18.8 Å². The number of allylic oxidation sites excluding steroid dienone is 4. The number of nitrogens with zero attached hydrogens (tertiary/aromatic N) is 1. The molecule has 22 heavy (non-hydrogen) atoms. The molecule has 1 aliphatic rings. The molecular formula is C17H16FNO3. The van der Waals surface area contributed by atoms with Gasteiger partial charge >= 0.3 is 5.97 Å². The van der Waals surface area contributed by atoms with Crippen LogP contribution in [0.3, 0.4) is 0 Å². The van der Waals surface area contributed by atoms with Crippen LogP contribution < -0.4 is 0 Å². The predicted molar refractivity (Wildman–Crippen MR) is 80.9 cm³/mol. The number of hydrogen-bond donors (Lipinski definition) is 0. The number of hydrogen-bond acceptors (Lipinski definition) is 4. The molecule has 0 bridgehead atoms. The van der Waals surface area contributed by atoms with Crippen molar-refractivity contribution in [2.24, 2.45) is 11.1 Å². The minimum absolute atomic E-state index is 0.0318. The van der Waals surface area contributed by atoms with Crippen LogP contribution in [0, 0.1) is 11.7 Å². The minimum atomic E-state index is -0.880. The third-order valence-electron chi connectivity index (χ3n) is 3.27. The highest BCUT2D eigenvalue weighted by molar-refractivity contribution is 6.21. The highest BCUT2D eigenvalue weighted by Gasteiger charge is 2.20. The zero-order chi connectivity index (χ0) is 16.3. The van der Waals surface area contributed by atoms with E-state index in [0.717, 1.165) is 0 Å². The van der Waals surface area contributed by atoms with Crippen LogP contribution in [0.25, 0.3) is 0 Å². The second-order valence-electron chi connectivity index (χ2n) is 5.28. The van der Waals surface area contributed by atoms with E-state index in [1.165, 1.54) is 30.3 Å². The van der Waals surface area contributed by atoms with Crippen molar-refractivity contribution in [1.29, 1.82) is 0 Å². The molecule has 1 aliphatic carbocycles. The van der Waals surface area contributed by atoms with Crippen molar-refractivity contribution in [3.05, 3.63) is 58.9 Å². The van der Waals surface area contributed by atoms with E-state index in [4.69, 9.17) is 4.84 Å². The second-order valence-corrected chi connectivity index (χ2v) is 5.28. The van der Waals surface area contributed by atoms with Crippen LogP contribution in [0.4, 0.5) is 4.39 Å². The van der Waals surface area contributed by atoms with Gasteiger partial charge in [-0.2, -0.15) is 0 Å². The fraction of sp³-hybridized carbons (Fsp3) is 0.235. The lowest BCUT2D eigenvalue weighted by molar-refractivity contribution is -0.111. The fourth-order valence-electron chi connectivity index (χ4n) is 2.00. The number of benzene rings is 1. The zero-order valence-corrected chi connectivity index (χ0v) is 12.6. The van der Waals surface area contributed by atoms with Crippen molar-refractivity contribution in [1.82, 2.24) is 0 Å². The third-order valence-corrected chi connectivity index (χ3v) is 3.27. The smallest absolute Gasteiger partial charge is 0.312 e. The van der Waals surface area contributed by atoms with Gasteiger partial charge in [0.05, 0.1) is 5.56 Å². The molecule has 0 amide bonds. The second kappa shape index (κ2) is 6.47. The summed E-state index contributed by atoms with van der Waals surface area (Å²) in [6.07, 6.45) is 3.04. The summed E-state index contributed by atoms with van der Waals surface area (Å²) >= 11 is 0. The van der Waals surface area contributed by atoms with Crippen molar-refractivity contribution in [3.8, 4) is 0 Å². The number of rotatable bonds is 3. The Kier molecular flexibility index (Phi) is 4.65. The molecule has 0 spiro atoms. The summed E-state index contributed by atoms with van der Waals surface area (Å²) in [7, 11) is 0. The highest BCUT2D eigenvalue weighted by atomic mass is 19.1. The summed E-state index contributed by atoms with van der Waals surface area (Å²) in [5, 5.41) is 3.75. The first-order valence-electron chi connectivity index (χ1n) is 6.88. The summed E-state index contributed by atoms with van der Waals surface area (Å²) in [6.45, 7) is 5.48. The quantitative estimate of drug-likeness (QED) is 0.488. The van der Waals surface area contributed by atoms with Crippen LogP contribution >= 0.6 is 0 Å². The molecule has 4 nitrogen and oxygen atoms in total. The maximum Gasteiger partial charge on any atom is 0.368 e. The molecule has 0 aliphatic heterocycles. The van der Waals surface area contributed by atoms with Crippen LogP contribution in [0.1, 0.15) is 31.1 Å². The molecule has 5 heteroatoms. The van der Waals surface area contributed by atoms with Crippen molar-refractivity contribution >= 4 is 17.5 Å². The van der Waals surface area contributed by atoms with Gasteiger partial charge in [0, 0.05) is 5.57 Å². The van der Waals surface area contributed by atoms with E-state index in [0.29, 0.717) is 16.9 Å². The zero-order valence-electron chi connectivity index (χ0n) is 12.6. The average molecular weight is 301 g/mol. The molecule has 0 unspecified atom stereocenters. The topological polar surface area (TPSA) is 55.7 Å². The first-order valence-corrected chi connectivity index (χ1v) is 6.88. The van der Waals surface area contributed by atoms with Crippen molar-refractivity contribution in [2.75, 3.05) is 0 Å². The van der Waals surface area contributed by atoms with Gasteiger partial charge in [0.2, 0.25) is 0 Å². The Hall–Kier alpha value is -2.56. The molecule has 0 atom stereocenters. The number of halogens is 1. The van der Waals surface area contributed by atoms with Gasteiger partial charge in [0.15, 0.2) is 5.78 Å². The first-order chi connectivity index (χ1) is 10.4. The van der Waals surface area contributed by atoms with Gasteiger partial charge in [-0.3, -0.25) is 4.79 Å². The van der Waals surface area contributed by atoms with E-state index >= 15 is 0 Å². The molecular weight excluding hydrogens is 285 g/mol. The molecule has 2 rings (SSSR count). The van der Waals surface area contributed by atoms with Crippen molar-refractivity contribution in [3.63, 3.8) is 0 Å². The number of oxime groups is 1. The van der Waals surface area contributed by atoms with Crippen LogP contribution in [0.5, 0.6) is 0 Å². The predicted octanol–water partition coefficient (Wildman–Crippen LogP) is 3.45. The van der Waals surface area contributed by atoms with Gasteiger partial charge in [-0.25, -0.2) is 9.18 Å². The summed E-state index contributed by atoms with van der Waals surface area (Å²) in [5.41, 5.74) is 1.38. The fourth-order valence-corrected chi connectivity index (χ4v) is 2.00. The number of carbonyl (C=O) groups is 2. The lowest BCUT2D eigenvalue weighted by Crippen LogP contribution is -2.16. The van der Waals surface area contributed by atoms with Crippen LogP contribution in [0.15, 0.2) is 52.7 Å². The number of carbonyl (C=O) groups excluding carboxylic acids is 2. The largest absolute Gasteiger partial charge is 0.368 e. The molecule has 0 heterocycles. The number of ketones is 1. The maximum absolute atomic E-state index is 13.5. The molecule has 1 aromatic rings. The summed E-state index contributed by atoms with van der Waals surface area (Å²) in [6, 6.07) is 5.51. The van der Waals surface area contributed by atoms with E-state index in [1.807, 2.05) is 13.8 Å². The Labute approximate surface area is 128 Å². The van der Waals surface area contributed by atoms with Gasteiger partial charge in [-0.1, -0.05) is 31.1 Å². The van der Waals surface area contributed by atoms with Crippen LogP contribution in [0.2, 0.25) is 0 Å². The van der Waals surface area contributed by atoms with Gasteiger partial charge in [-0.15, -0.1) is 0 Å². The Balaban J connectivity index is 2.22. The van der Waals surface area contributed by atoms with E-state index < -0.39 is 11.8 Å². The van der Waals surface area contributed by atoms with Crippen molar-refractivity contribution in [2.45, 2.75) is 20.8 Å². The Morgan fingerprint density at radius 2 is 1.91 bits per heavy atom. The Morgan fingerprint density at radius 3 is 2.55 bits per heavy atom. The first kappa shape index (κ1) is 15.8. The maximum atomic E-state index is 13.5. The Morgan fingerprint density at radius 1 is 1.23 bits per heavy atom. The summed E-state index contributed by atoms with van der Waals surface area (Å²) in [4.78, 5) is 28.5. The summed E-state index contributed by atoms with van der Waals surface area (Å²) in [5.74, 6) is -1.59. The van der Waals surface area contributed by atoms with Gasteiger partial charge in [-0.05, 0) is 42.7 Å². The molecule has 0 radical (unpaired) electrons. The lowest BCUT2D eigenvalue weighted by Gasteiger charge is -2.14. The molecule has 0 saturated carbocycles. The van der Waals surface area contributed by atoms with E-state index in [9.17, 15) is 14.0 Å². The lowest BCUT2D eigenvalue weighted by atomic mass is 9.90. The van der Waals surface area contributed by atoms with E-state index in [1.54, 1.807) is 13.0 Å². The minimum Gasteiger partial charge on any atom is -0.312 e. The molecule has 0 N–H and O–H groups in total. The average Bonchev–Trinajstić information content (AvgIpc) is 2.46. The standard InChI is InChI=1S/C17H16FNO3/c1-10(2)13-9-15(11(3)8-16(13)20)19-22-17(21)12-6-4-5-7-14(12)18/h4-10H,1-3H3/b19-15-. The summed E-state index contributed by atoms with van der Waals surface area (Å²) < 4.78 is 13.5.